The first-order valence-corrected chi connectivity index (χ1v) is 19.4. The van der Waals surface area contributed by atoms with Crippen molar-refractivity contribution in [2.75, 3.05) is 0 Å². The molecule has 0 aliphatic rings. The summed E-state index contributed by atoms with van der Waals surface area (Å²) >= 11 is -2.84. The minimum absolute atomic E-state index is 0.214. The zero-order valence-corrected chi connectivity index (χ0v) is 22.1. The Kier molecular flexibility index (Phi) is 9.06. The summed E-state index contributed by atoms with van der Waals surface area (Å²) in [5.41, 5.74) is 0.829. The van der Waals surface area contributed by atoms with Gasteiger partial charge < -0.3 is 0 Å². The van der Waals surface area contributed by atoms with Gasteiger partial charge in [0.25, 0.3) is 0 Å². The average Bonchev–Trinajstić information content (AvgIpc) is 2.80. The summed E-state index contributed by atoms with van der Waals surface area (Å²) in [6, 6.07) is 15.3. The molecular weight excluding hydrogens is 491 g/mol. The Morgan fingerprint density at radius 3 is 2.00 bits per heavy atom. The van der Waals surface area contributed by atoms with E-state index in [4.69, 9.17) is 9.15 Å². The van der Waals surface area contributed by atoms with E-state index in [9.17, 15) is 4.79 Å². The van der Waals surface area contributed by atoms with Gasteiger partial charge in [-0.2, -0.15) is 0 Å². The first-order chi connectivity index (χ1) is 15.1. The molecule has 0 atom stereocenters. The normalized spacial score (nSPS) is 11.7. The van der Waals surface area contributed by atoms with Gasteiger partial charge in [-0.3, -0.25) is 0 Å². The van der Waals surface area contributed by atoms with Gasteiger partial charge >= 0.3 is 191 Å². The minimum atomic E-state index is -2.84. The number of hydrogen-bond acceptors (Lipinski definition) is 3. The van der Waals surface area contributed by atoms with Crippen molar-refractivity contribution in [1.82, 2.24) is 0 Å². The average molecular weight is 527 g/mol. The number of hydrogen-bond donors (Lipinski definition) is 0. The topological polar surface area (TPSA) is 39.4 Å². The van der Waals surface area contributed by atoms with Crippen LogP contribution >= 0.6 is 0 Å². The quantitative estimate of drug-likeness (QED) is 0.227. The van der Waals surface area contributed by atoms with E-state index >= 15 is 0 Å². The van der Waals surface area contributed by atoms with Gasteiger partial charge in [0.1, 0.15) is 0 Å². The number of fused-ring (bicyclic) bond motifs is 1. The summed E-state index contributed by atoms with van der Waals surface area (Å²) in [4.78, 5) is 13.7. The maximum atomic E-state index is 13.7. The zero-order valence-electron chi connectivity index (χ0n) is 19.3. The molecule has 166 valence electrons. The summed E-state index contributed by atoms with van der Waals surface area (Å²) in [7, 11) is 0. The molecule has 1 heterocycles. The van der Waals surface area contributed by atoms with Crippen molar-refractivity contribution >= 4 is 32.9 Å². The van der Waals surface area contributed by atoms with Crippen molar-refractivity contribution in [3.8, 4) is 11.5 Å². The summed E-state index contributed by atoms with van der Waals surface area (Å²) < 4.78 is 16.9. The first kappa shape index (κ1) is 23.9. The molecule has 3 aromatic rings. The van der Waals surface area contributed by atoms with Crippen molar-refractivity contribution in [3.63, 3.8) is 0 Å². The third kappa shape index (κ3) is 5.94. The fourth-order valence-corrected chi connectivity index (χ4v) is 20.4. The van der Waals surface area contributed by atoms with Gasteiger partial charge in [0.15, 0.2) is 0 Å². The molecule has 0 radical (unpaired) electrons. The van der Waals surface area contributed by atoms with E-state index in [1.807, 2.05) is 54.8 Å². The Bertz CT molecular complexity index is 988. The molecule has 0 amide bonds. The zero-order chi connectivity index (χ0) is 22.1. The Morgan fingerprint density at radius 1 is 0.806 bits per heavy atom. The molecule has 31 heavy (non-hydrogen) atoms. The van der Waals surface area contributed by atoms with Crippen LogP contribution in [0.3, 0.4) is 0 Å². The number of para-hydroxylation sites is 1. The van der Waals surface area contributed by atoms with Crippen molar-refractivity contribution < 1.29 is 9.15 Å². The molecule has 3 nitrogen and oxygen atoms in total. The molecule has 0 bridgehead atoms. The van der Waals surface area contributed by atoms with Crippen LogP contribution in [0.5, 0.6) is 11.5 Å². The van der Waals surface area contributed by atoms with Crippen molar-refractivity contribution in [2.45, 2.75) is 72.6 Å². The van der Waals surface area contributed by atoms with Gasteiger partial charge in [0.2, 0.25) is 0 Å². The van der Waals surface area contributed by atoms with Crippen LogP contribution in [0.1, 0.15) is 59.3 Å². The molecule has 0 fully saturated rings. The summed E-state index contributed by atoms with van der Waals surface area (Å²) in [6.07, 6.45) is 9.09. The van der Waals surface area contributed by atoms with Gasteiger partial charge in [0.05, 0.1) is 0 Å². The third-order valence-corrected chi connectivity index (χ3v) is 21.8. The molecule has 0 spiro atoms. The van der Waals surface area contributed by atoms with Crippen LogP contribution < -0.4 is 13.7 Å². The van der Waals surface area contributed by atoms with Gasteiger partial charge in [0, 0.05) is 0 Å². The van der Waals surface area contributed by atoms with Gasteiger partial charge in [-0.1, -0.05) is 0 Å². The summed E-state index contributed by atoms with van der Waals surface area (Å²) in [5, 5.41) is 0.698. The first-order valence-electron chi connectivity index (χ1n) is 11.9. The summed E-state index contributed by atoms with van der Waals surface area (Å²) in [5.74, 6) is 1.46. The number of ether oxygens (including phenoxy) is 1. The van der Waals surface area contributed by atoms with Crippen LogP contribution in [0, 0.1) is 0 Å². The van der Waals surface area contributed by atoms with Crippen LogP contribution in [0.15, 0.2) is 64.0 Å². The van der Waals surface area contributed by atoms with Gasteiger partial charge in [-0.05, 0) is 0 Å². The van der Waals surface area contributed by atoms with Crippen LogP contribution in [0.2, 0.25) is 13.3 Å². The van der Waals surface area contributed by atoms with Crippen LogP contribution in [-0.2, 0) is 0 Å². The predicted molar refractivity (Wildman–Crippen MR) is 134 cm³/mol. The molecule has 4 heteroatoms. The van der Waals surface area contributed by atoms with Gasteiger partial charge in [-0.15, -0.1) is 0 Å². The molecule has 0 unspecified atom stereocenters. The summed E-state index contributed by atoms with van der Waals surface area (Å²) in [6.45, 7) is 6.77. The number of rotatable bonds is 12. The SMILES string of the molecule is CCC[CH2][Sn]([CH2]CCC)([CH2]CCC)[c]1coc2cc(Oc3ccccc3)ccc2c1=O. The van der Waals surface area contributed by atoms with E-state index in [1.54, 1.807) is 0 Å². The molecular formula is C27H36O3Sn. The fourth-order valence-electron chi connectivity index (χ4n) is 4.49. The van der Waals surface area contributed by atoms with E-state index in [2.05, 4.69) is 20.8 Å². The fraction of sp³-hybridized carbons (Fsp3) is 0.444. The second kappa shape index (κ2) is 11.8. The van der Waals surface area contributed by atoms with E-state index in [0.29, 0.717) is 16.7 Å². The standard InChI is InChI=1S/C15H9O3.3C4H9.Sn/c16-14-8-9-17-15-10-12(6-7-13(14)15)18-11-4-2-1-3-5-11;3*1-3-4-2;/h1-7,9-10H;3*1,3-4H2,2H3;. The van der Waals surface area contributed by atoms with Gasteiger partial charge in [-0.25, -0.2) is 0 Å². The predicted octanol–water partition coefficient (Wildman–Crippen LogP) is 7.64. The Hall–Kier alpha value is -1.75. The van der Waals surface area contributed by atoms with E-state index in [0.717, 1.165) is 9.33 Å². The van der Waals surface area contributed by atoms with E-state index < -0.39 is 18.4 Å². The molecule has 2 aromatic carbocycles. The molecule has 0 saturated carbocycles. The monoisotopic (exact) mass is 528 g/mol. The molecule has 0 aliphatic heterocycles. The molecule has 0 saturated heterocycles. The van der Waals surface area contributed by atoms with Crippen molar-refractivity contribution in [2.24, 2.45) is 0 Å². The number of unbranched alkanes of at least 4 members (excludes halogenated alkanes) is 3. The van der Waals surface area contributed by atoms with Crippen molar-refractivity contribution in [1.29, 1.82) is 0 Å². The Morgan fingerprint density at radius 2 is 1.42 bits per heavy atom. The van der Waals surface area contributed by atoms with Crippen LogP contribution in [0.25, 0.3) is 11.0 Å². The molecule has 0 N–H and O–H groups in total. The Balaban J connectivity index is 2.01. The van der Waals surface area contributed by atoms with Crippen molar-refractivity contribution in [3.05, 3.63) is 65.0 Å². The maximum absolute atomic E-state index is 13.7. The van der Waals surface area contributed by atoms with E-state index in [-0.39, 0.29) is 5.43 Å². The molecule has 3 rings (SSSR count). The van der Waals surface area contributed by atoms with E-state index in [1.165, 1.54) is 51.8 Å². The second-order valence-electron chi connectivity index (χ2n) is 8.64. The second-order valence-corrected chi connectivity index (χ2v) is 21.8. The van der Waals surface area contributed by atoms with Crippen LogP contribution in [0.4, 0.5) is 0 Å². The van der Waals surface area contributed by atoms with Crippen LogP contribution in [-0.4, -0.2) is 18.4 Å². The number of benzene rings is 2. The Labute approximate surface area is 190 Å². The molecule has 1 aromatic heterocycles. The third-order valence-electron chi connectivity index (χ3n) is 6.32. The molecule has 0 aliphatic carbocycles.